The highest BCUT2D eigenvalue weighted by Gasteiger charge is 2.24. The predicted molar refractivity (Wildman–Crippen MR) is 99.2 cm³/mol. The van der Waals surface area contributed by atoms with Gasteiger partial charge in [0.1, 0.15) is 6.10 Å². The molecule has 1 aromatic carbocycles. The summed E-state index contributed by atoms with van der Waals surface area (Å²) < 4.78 is 5.94. The Labute approximate surface area is 150 Å². The lowest BCUT2D eigenvalue weighted by atomic mass is 10.2. The smallest absolute Gasteiger partial charge is 0.249 e. The average Bonchev–Trinajstić information content (AvgIpc) is 3.12. The summed E-state index contributed by atoms with van der Waals surface area (Å²) >= 11 is 0. The van der Waals surface area contributed by atoms with Crippen LogP contribution < -0.4 is 10.6 Å². The van der Waals surface area contributed by atoms with Gasteiger partial charge in [0.25, 0.3) is 0 Å². The van der Waals surface area contributed by atoms with Crippen LogP contribution in [0.1, 0.15) is 64.4 Å². The summed E-state index contributed by atoms with van der Waals surface area (Å²) in [7, 11) is 0. The van der Waals surface area contributed by atoms with Gasteiger partial charge < -0.3 is 15.4 Å². The van der Waals surface area contributed by atoms with Crippen molar-refractivity contribution in [1.29, 1.82) is 0 Å². The summed E-state index contributed by atoms with van der Waals surface area (Å²) in [5.41, 5.74) is 1.78. The Balaban J connectivity index is 1.78. The zero-order chi connectivity index (χ0) is 18.1. The highest BCUT2D eigenvalue weighted by Crippen LogP contribution is 2.23. The van der Waals surface area contributed by atoms with Gasteiger partial charge in [-0.05, 0) is 43.4 Å². The molecule has 0 spiro atoms. The first-order valence-electron chi connectivity index (χ1n) is 9.44. The molecule has 1 unspecified atom stereocenters. The molecule has 1 aliphatic carbocycles. The Morgan fingerprint density at radius 2 is 1.84 bits per heavy atom. The van der Waals surface area contributed by atoms with Crippen LogP contribution in [-0.2, 0) is 20.9 Å². The lowest BCUT2D eigenvalue weighted by molar-refractivity contribution is -0.137. The molecule has 0 heterocycles. The minimum atomic E-state index is -0.365. The van der Waals surface area contributed by atoms with Crippen molar-refractivity contribution in [1.82, 2.24) is 5.32 Å². The van der Waals surface area contributed by atoms with E-state index in [4.69, 9.17) is 4.74 Å². The van der Waals surface area contributed by atoms with Crippen LogP contribution in [0.3, 0.4) is 0 Å². The van der Waals surface area contributed by atoms with Gasteiger partial charge in [-0.15, -0.1) is 0 Å². The van der Waals surface area contributed by atoms with Gasteiger partial charge in [-0.1, -0.05) is 38.8 Å². The Bertz CT molecular complexity index is 551. The van der Waals surface area contributed by atoms with Crippen LogP contribution in [0.25, 0.3) is 0 Å². The van der Waals surface area contributed by atoms with Crippen LogP contribution in [0, 0.1) is 0 Å². The number of carbonyl (C=O) groups excluding carboxylic acids is 2. The van der Waals surface area contributed by atoms with E-state index < -0.39 is 0 Å². The second-order valence-corrected chi connectivity index (χ2v) is 6.65. The van der Waals surface area contributed by atoms with Crippen molar-refractivity contribution < 1.29 is 14.3 Å². The van der Waals surface area contributed by atoms with E-state index in [-0.39, 0.29) is 24.0 Å². The molecule has 2 N–H and O–H groups in total. The number of ether oxygens (including phenoxy) is 1. The van der Waals surface area contributed by atoms with E-state index in [0.29, 0.717) is 19.4 Å². The summed E-state index contributed by atoms with van der Waals surface area (Å²) in [4.78, 5) is 23.9. The Morgan fingerprint density at radius 1 is 1.16 bits per heavy atom. The summed E-state index contributed by atoms with van der Waals surface area (Å²) in [6.45, 7) is 4.42. The standard InChI is InChI=1S/C20H30N2O3/c1-3-7-19(23)22-16-12-10-15(11-13-16)14-21-20(24)18(4-2)25-17-8-5-6-9-17/h10-13,17-18H,3-9,14H2,1-2H3,(H,21,24)(H,22,23). The highest BCUT2D eigenvalue weighted by atomic mass is 16.5. The molecule has 25 heavy (non-hydrogen) atoms. The maximum Gasteiger partial charge on any atom is 0.249 e. The lowest BCUT2D eigenvalue weighted by Crippen LogP contribution is -2.37. The SMILES string of the molecule is CCCC(=O)Nc1ccc(CNC(=O)C(CC)OC2CCCC2)cc1. The van der Waals surface area contributed by atoms with Crippen LogP contribution in [0.2, 0.25) is 0 Å². The van der Waals surface area contributed by atoms with Crippen molar-refractivity contribution in [3.05, 3.63) is 29.8 Å². The predicted octanol–water partition coefficient (Wildman–Crippen LogP) is 3.78. The third-order valence-electron chi connectivity index (χ3n) is 4.50. The van der Waals surface area contributed by atoms with Crippen molar-refractivity contribution in [2.75, 3.05) is 5.32 Å². The summed E-state index contributed by atoms with van der Waals surface area (Å²) in [5, 5.41) is 5.81. The van der Waals surface area contributed by atoms with E-state index >= 15 is 0 Å². The van der Waals surface area contributed by atoms with Crippen LogP contribution >= 0.6 is 0 Å². The molecule has 2 amide bonds. The molecule has 1 fully saturated rings. The quantitative estimate of drug-likeness (QED) is 0.715. The van der Waals surface area contributed by atoms with E-state index in [9.17, 15) is 9.59 Å². The molecule has 1 atom stereocenters. The third kappa shape index (κ3) is 6.50. The van der Waals surface area contributed by atoms with Gasteiger partial charge in [0.05, 0.1) is 6.10 Å². The normalized spacial score (nSPS) is 15.8. The van der Waals surface area contributed by atoms with Crippen molar-refractivity contribution in [3.8, 4) is 0 Å². The molecular weight excluding hydrogens is 316 g/mol. The molecule has 5 nitrogen and oxygen atoms in total. The minimum Gasteiger partial charge on any atom is -0.365 e. The van der Waals surface area contributed by atoms with E-state index in [1.54, 1.807) is 0 Å². The maximum atomic E-state index is 12.3. The zero-order valence-corrected chi connectivity index (χ0v) is 15.3. The van der Waals surface area contributed by atoms with Gasteiger partial charge in [-0.2, -0.15) is 0 Å². The Morgan fingerprint density at radius 3 is 2.44 bits per heavy atom. The molecule has 2 rings (SSSR count). The fourth-order valence-electron chi connectivity index (χ4n) is 3.06. The van der Waals surface area contributed by atoms with Gasteiger partial charge in [-0.3, -0.25) is 9.59 Å². The van der Waals surface area contributed by atoms with E-state index in [0.717, 1.165) is 30.5 Å². The number of anilines is 1. The molecule has 0 bridgehead atoms. The molecule has 5 heteroatoms. The monoisotopic (exact) mass is 346 g/mol. The summed E-state index contributed by atoms with van der Waals surface area (Å²) in [5.74, 6) is -0.0203. The largest absolute Gasteiger partial charge is 0.365 e. The van der Waals surface area contributed by atoms with Crippen LogP contribution in [0.5, 0.6) is 0 Å². The fourth-order valence-corrected chi connectivity index (χ4v) is 3.06. The van der Waals surface area contributed by atoms with Crippen molar-refractivity contribution >= 4 is 17.5 Å². The van der Waals surface area contributed by atoms with Gasteiger partial charge >= 0.3 is 0 Å². The number of hydrogen-bond donors (Lipinski definition) is 2. The van der Waals surface area contributed by atoms with E-state index in [1.165, 1.54) is 12.8 Å². The second-order valence-electron chi connectivity index (χ2n) is 6.65. The van der Waals surface area contributed by atoms with Gasteiger partial charge in [0.15, 0.2) is 0 Å². The minimum absolute atomic E-state index is 0.0263. The molecule has 1 saturated carbocycles. The Hall–Kier alpha value is -1.88. The average molecular weight is 346 g/mol. The molecular formula is C20H30N2O3. The molecule has 0 aliphatic heterocycles. The highest BCUT2D eigenvalue weighted by molar-refractivity contribution is 5.90. The number of nitrogens with one attached hydrogen (secondary N) is 2. The number of rotatable bonds is 9. The fraction of sp³-hybridized carbons (Fsp3) is 0.600. The molecule has 1 aliphatic rings. The second kappa shape index (κ2) is 10.2. The van der Waals surface area contributed by atoms with Gasteiger partial charge in [0.2, 0.25) is 11.8 Å². The first-order chi connectivity index (χ1) is 12.1. The molecule has 0 saturated heterocycles. The topological polar surface area (TPSA) is 67.4 Å². The van der Waals surface area contributed by atoms with Crippen molar-refractivity contribution in [3.63, 3.8) is 0 Å². The lowest BCUT2D eigenvalue weighted by Gasteiger charge is -2.20. The number of benzene rings is 1. The number of amides is 2. The van der Waals surface area contributed by atoms with Crippen LogP contribution in [0.4, 0.5) is 5.69 Å². The number of carbonyl (C=O) groups is 2. The molecule has 0 radical (unpaired) electrons. The first-order valence-corrected chi connectivity index (χ1v) is 9.44. The van der Waals surface area contributed by atoms with Crippen LogP contribution in [0.15, 0.2) is 24.3 Å². The molecule has 1 aromatic rings. The maximum absolute atomic E-state index is 12.3. The van der Waals surface area contributed by atoms with Crippen molar-refractivity contribution in [2.24, 2.45) is 0 Å². The van der Waals surface area contributed by atoms with E-state index in [1.807, 2.05) is 38.1 Å². The van der Waals surface area contributed by atoms with E-state index in [2.05, 4.69) is 10.6 Å². The zero-order valence-electron chi connectivity index (χ0n) is 15.3. The van der Waals surface area contributed by atoms with Crippen molar-refractivity contribution in [2.45, 2.75) is 77.5 Å². The Kier molecular flexibility index (Phi) is 7.92. The van der Waals surface area contributed by atoms with Gasteiger partial charge in [-0.25, -0.2) is 0 Å². The summed E-state index contributed by atoms with van der Waals surface area (Å²) in [6, 6.07) is 7.56. The first kappa shape index (κ1) is 19.4. The third-order valence-corrected chi connectivity index (χ3v) is 4.50. The van der Waals surface area contributed by atoms with Crippen LogP contribution in [-0.4, -0.2) is 24.0 Å². The summed E-state index contributed by atoms with van der Waals surface area (Å²) in [6.07, 6.45) is 6.44. The van der Waals surface area contributed by atoms with Gasteiger partial charge in [0, 0.05) is 18.7 Å². The number of hydrogen-bond acceptors (Lipinski definition) is 3. The molecule has 138 valence electrons. The molecule has 0 aromatic heterocycles.